The first kappa shape index (κ1) is 13.3. The Hall–Kier alpha value is -1.14. The van der Waals surface area contributed by atoms with Gasteiger partial charge in [-0.3, -0.25) is 0 Å². The Bertz CT molecular complexity index is 433. The summed E-state index contributed by atoms with van der Waals surface area (Å²) >= 11 is 0. The molecule has 1 aromatic carbocycles. The van der Waals surface area contributed by atoms with Crippen molar-refractivity contribution in [2.24, 2.45) is 5.92 Å². The second kappa shape index (κ2) is 4.85. The Morgan fingerprint density at radius 2 is 2.00 bits per heavy atom. The molecule has 0 spiro atoms. The van der Waals surface area contributed by atoms with Gasteiger partial charge >= 0.3 is 6.18 Å². The van der Waals surface area contributed by atoms with E-state index in [1.165, 1.54) is 6.07 Å². The van der Waals surface area contributed by atoms with Gasteiger partial charge < -0.3 is 10.4 Å². The average molecular weight is 263 g/mol. The summed E-state index contributed by atoms with van der Waals surface area (Å²) in [5.41, 5.74) is -0.762. The van der Waals surface area contributed by atoms with Crippen molar-refractivity contribution in [3.8, 4) is 0 Å². The number of hydrogen-bond donors (Lipinski definition) is 2. The molecule has 0 saturated carbocycles. The van der Waals surface area contributed by atoms with Crippen LogP contribution in [0.1, 0.15) is 17.0 Å². The van der Waals surface area contributed by atoms with Crippen LogP contribution in [0.25, 0.3) is 0 Å². The standard InChI is InChI=1S/C12H13F4NO/c13-11-3-8(12(14,15)16)1-2-9(11)10-5-17-4-7(10)6-18/h1-3,7,10,17-18H,4-6H2. The Labute approximate surface area is 102 Å². The minimum Gasteiger partial charge on any atom is -0.396 e. The summed E-state index contributed by atoms with van der Waals surface area (Å²) in [5, 5.41) is 12.1. The summed E-state index contributed by atoms with van der Waals surface area (Å²) in [6.45, 7) is 0.896. The van der Waals surface area contributed by atoms with Crippen LogP contribution in [0.3, 0.4) is 0 Å². The minimum absolute atomic E-state index is 0.113. The number of benzene rings is 1. The van der Waals surface area contributed by atoms with Crippen LogP contribution in [-0.2, 0) is 6.18 Å². The van der Waals surface area contributed by atoms with E-state index in [2.05, 4.69) is 5.32 Å². The first-order valence-electron chi connectivity index (χ1n) is 5.61. The number of aliphatic hydroxyl groups excluding tert-OH is 1. The van der Waals surface area contributed by atoms with E-state index in [0.29, 0.717) is 19.2 Å². The van der Waals surface area contributed by atoms with Crippen molar-refractivity contribution in [3.63, 3.8) is 0 Å². The van der Waals surface area contributed by atoms with Crippen LogP contribution in [0.15, 0.2) is 18.2 Å². The maximum Gasteiger partial charge on any atom is 0.416 e. The van der Waals surface area contributed by atoms with Gasteiger partial charge in [0.1, 0.15) is 5.82 Å². The molecule has 1 aliphatic heterocycles. The molecule has 2 unspecified atom stereocenters. The molecule has 0 aliphatic carbocycles. The molecular weight excluding hydrogens is 250 g/mol. The molecule has 0 aromatic heterocycles. The molecule has 2 rings (SSSR count). The summed E-state index contributed by atoms with van der Waals surface area (Å²) in [6, 6.07) is 2.56. The van der Waals surface area contributed by atoms with E-state index >= 15 is 0 Å². The third kappa shape index (κ3) is 2.49. The molecule has 1 aromatic rings. The van der Waals surface area contributed by atoms with Crippen molar-refractivity contribution in [1.82, 2.24) is 5.32 Å². The lowest BCUT2D eigenvalue weighted by atomic mass is 9.88. The Balaban J connectivity index is 2.30. The lowest BCUT2D eigenvalue weighted by molar-refractivity contribution is -0.137. The van der Waals surface area contributed by atoms with Crippen LogP contribution in [0.5, 0.6) is 0 Å². The van der Waals surface area contributed by atoms with E-state index in [0.717, 1.165) is 6.07 Å². The molecule has 0 radical (unpaired) electrons. The summed E-state index contributed by atoms with van der Waals surface area (Å²) < 4.78 is 50.9. The molecule has 18 heavy (non-hydrogen) atoms. The van der Waals surface area contributed by atoms with E-state index in [1.54, 1.807) is 0 Å². The Morgan fingerprint density at radius 1 is 1.28 bits per heavy atom. The zero-order valence-electron chi connectivity index (χ0n) is 9.47. The van der Waals surface area contributed by atoms with Crippen molar-refractivity contribution in [1.29, 1.82) is 0 Å². The molecule has 1 aliphatic rings. The van der Waals surface area contributed by atoms with Crippen LogP contribution in [0.4, 0.5) is 17.6 Å². The summed E-state index contributed by atoms with van der Waals surface area (Å²) in [6.07, 6.45) is -4.54. The quantitative estimate of drug-likeness (QED) is 0.801. The average Bonchev–Trinajstić information content (AvgIpc) is 2.75. The number of hydrogen-bond acceptors (Lipinski definition) is 2. The van der Waals surface area contributed by atoms with Crippen molar-refractivity contribution in [2.45, 2.75) is 12.1 Å². The number of nitrogens with one attached hydrogen (secondary N) is 1. The first-order chi connectivity index (χ1) is 8.43. The van der Waals surface area contributed by atoms with Gasteiger partial charge in [0.15, 0.2) is 0 Å². The zero-order chi connectivity index (χ0) is 13.3. The normalized spacial score (nSPS) is 24.5. The van der Waals surface area contributed by atoms with Crippen molar-refractivity contribution in [2.75, 3.05) is 19.7 Å². The molecule has 1 fully saturated rings. The lowest BCUT2D eigenvalue weighted by Crippen LogP contribution is -2.16. The number of rotatable bonds is 2. The van der Waals surface area contributed by atoms with Gasteiger partial charge in [0, 0.05) is 31.5 Å². The van der Waals surface area contributed by atoms with Crippen molar-refractivity contribution >= 4 is 0 Å². The third-order valence-electron chi connectivity index (χ3n) is 3.30. The molecule has 0 bridgehead atoms. The third-order valence-corrected chi connectivity index (χ3v) is 3.30. The topological polar surface area (TPSA) is 32.3 Å². The van der Waals surface area contributed by atoms with Gasteiger partial charge in [-0.25, -0.2) is 4.39 Å². The van der Waals surface area contributed by atoms with Gasteiger partial charge in [0.2, 0.25) is 0 Å². The highest BCUT2D eigenvalue weighted by Crippen LogP contribution is 2.34. The molecule has 100 valence electrons. The highest BCUT2D eigenvalue weighted by Gasteiger charge is 2.34. The van der Waals surface area contributed by atoms with E-state index in [1.807, 2.05) is 0 Å². The smallest absolute Gasteiger partial charge is 0.396 e. The van der Waals surface area contributed by atoms with Crippen molar-refractivity contribution < 1.29 is 22.7 Å². The van der Waals surface area contributed by atoms with Crippen LogP contribution >= 0.6 is 0 Å². The molecule has 1 heterocycles. The van der Waals surface area contributed by atoms with E-state index in [9.17, 15) is 17.6 Å². The Kier molecular flexibility index (Phi) is 3.59. The molecule has 0 amide bonds. The number of alkyl halides is 3. The second-order valence-electron chi connectivity index (χ2n) is 4.44. The second-order valence-corrected chi connectivity index (χ2v) is 4.44. The van der Waals surface area contributed by atoms with Crippen LogP contribution in [-0.4, -0.2) is 24.8 Å². The van der Waals surface area contributed by atoms with Gasteiger partial charge in [-0.05, 0) is 17.7 Å². The molecule has 2 atom stereocenters. The summed E-state index contributed by atoms with van der Waals surface area (Å²) in [5.74, 6) is -1.30. The van der Waals surface area contributed by atoms with Gasteiger partial charge in [-0.1, -0.05) is 6.07 Å². The largest absolute Gasteiger partial charge is 0.416 e. The molecule has 1 saturated heterocycles. The predicted molar refractivity (Wildman–Crippen MR) is 57.6 cm³/mol. The Morgan fingerprint density at radius 3 is 2.56 bits per heavy atom. The van der Waals surface area contributed by atoms with Crippen molar-refractivity contribution in [3.05, 3.63) is 35.1 Å². The molecule has 2 N–H and O–H groups in total. The molecule has 2 nitrogen and oxygen atoms in total. The zero-order valence-corrected chi connectivity index (χ0v) is 9.47. The van der Waals surface area contributed by atoms with E-state index < -0.39 is 17.6 Å². The molecular formula is C12H13F4NO. The fourth-order valence-electron chi connectivity index (χ4n) is 2.29. The maximum absolute atomic E-state index is 13.7. The minimum atomic E-state index is -4.54. The van der Waals surface area contributed by atoms with E-state index in [4.69, 9.17) is 5.11 Å². The van der Waals surface area contributed by atoms with Crippen LogP contribution < -0.4 is 5.32 Å². The first-order valence-corrected chi connectivity index (χ1v) is 5.61. The number of aliphatic hydroxyl groups is 1. The summed E-state index contributed by atoms with van der Waals surface area (Å²) in [4.78, 5) is 0. The molecule has 6 heteroatoms. The van der Waals surface area contributed by atoms with Gasteiger partial charge in [-0.15, -0.1) is 0 Å². The van der Waals surface area contributed by atoms with E-state index in [-0.39, 0.29) is 24.0 Å². The highest BCUT2D eigenvalue weighted by atomic mass is 19.4. The van der Waals surface area contributed by atoms with Gasteiger partial charge in [0.25, 0.3) is 0 Å². The van der Waals surface area contributed by atoms with Gasteiger partial charge in [0.05, 0.1) is 5.56 Å². The number of halogens is 4. The predicted octanol–water partition coefficient (Wildman–Crippen LogP) is 2.14. The fraction of sp³-hybridized carbons (Fsp3) is 0.500. The summed E-state index contributed by atoms with van der Waals surface area (Å²) in [7, 11) is 0. The van der Waals surface area contributed by atoms with Crippen LogP contribution in [0.2, 0.25) is 0 Å². The fourth-order valence-corrected chi connectivity index (χ4v) is 2.29. The lowest BCUT2D eigenvalue weighted by Gasteiger charge is -2.18. The maximum atomic E-state index is 13.7. The highest BCUT2D eigenvalue weighted by molar-refractivity contribution is 5.30. The van der Waals surface area contributed by atoms with Crippen LogP contribution in [0, 0.1) is 11.7 Å². The monoisotopic (exact) mass is 263 g/mol. The van der Waals surface area contributed by atoms with Gasteiger partial charge in [-0.2, -0.15) is 13.2 Å². The SMILES string of the molecule is OCC1CNCC1c1ccc(C(F)(F)F)cc1F.